The molecule has 0 radical (unpaired) electrons. The van der Waals surface area contributed by atoms with E-state index < -0.39 is 18.0 Å². The van der Waals surface area contributed by atoms with Crippen molar-refractivity contribution in [3.05, 3.63) is 0 Å². The van der Waals surface area contributed by atoms with E-state index in [0.29, 0.717) is 0 Å². The summed E-state index contributed by atoms with van der Waals surface area (Å²) < 4.78 is 0. The summed E-state index contributed by atoms with van der Waals surface area (Å²) in [6.07, 6.45) is 0. The van der Waals surface area contributed by atoms with E-state index in [0.717, 1.165) is 0 Å². The number of rotatable bonds is 4. The van der Waals surface area contributed by atoms with Crippen LogP contribution >= 0.6 is 11.8 Å². The van der Waals surface area contributed by atoms with Gasteiger partial charge in [-0.15, -0.1) is 0 Å². The molecule has 6 nitrogen and oxygen atoms in total. The molecule has 0 unspecified atom stereocenters. The highest BCUT2D eigenvalue weighted by molar-refractivity contribution is 6.15. The maximum Gasteiger partial charge on any atom is 0.256 e. The van der Waals surface area contributed by atoms with Crippen molar-refractivity contribution in [3.63, 3.8) is 0 Å². The molecule has 0 aromatic heterocycles. The molecule has 0 saturated heterocycles. The zero-order chi connectivity index (χ0) is 10.4. The first-order valence-corrected chi connectivity index (χ1v) is 4.07. The predicted octanol–water partition coefficient (Wildman–Crippen LogP) is -1.39. The predicted molar refractivity (Wildman–Crippen MR) is 48.4 cm³/mol. The van der Waals surface area contributed by atoms with Gasteiger partial charge >= 0.3 is 0 Å². The monoisotopic (exact) mass is 208 g/mol. The topological polar surface area (TPSA) is 96.2 Å². The number of nitrogens with two attached hydrogens (primary N) is 1. The summed E-state index contributed by atoms with van der Waals surface area (Å²) in [7, 11) is 0. The number of carbonyl (C=O) groups excluding carboxylic acids is 2. The van der Waals surface area contributed by atoms with Crippen molar-refractivity contribution in [3.8, 4) is 0 Å². The van der Waals surface area contributed by atoms with E-state index in [1.807, 2.05) is 5.43 Å². The van der Waals surface area contributed by atoms with Crippen molar-refractivity contribution in [2.45, 2.75) is 25.9 Å². The second kappa shape index (κ2) is 5.74. The van der Waals surface area contributed by atoms with E-state index in [2.05, 4.69) is 10.2 Å². The lowest BCUT2D eigenvalue weighted by Gasteiger charge is -2.14. The molecule has 0 aliphatic rings. The van der Waals surface area contributed by atoms with Crippen LogP contribution < -0.4 is 21.4 Å². The fourth-order valence-electron chi connectivity index (χ4n) is 0.578. The first kappa shape index (κ1) is 12.2. The number of nitrogens with one attached hydrogen (secondary N) is 3. The summed E-state index contributed by atoms with van der Waals surface area (Å²) in [6, 6.07) is -1.24. The van der Waals surface area contributed by atoms with Gasteiger partial charge in [-0.05, 0) is 25.6 Å². The molecule has 2 amide bonds. The van der Waals surface area contributed by atoms with Gasteiger partial charge in [0.15, 0.2) is 0 Å². The van der Waals surface area contributed by atoms with Crippen LogP contribution in [-0.2, 0) is 9.59 Å². The van der Waals surface area contributed by atoms with Gasteiger partial charge in [-0.3, -0.25) is 15.0 Å². The van der Waals surface area contributed by atoms with Crippen LogP contribution in [0.1, 0.15) is 13.8 Å². The highest BCUT2D eigenvalue weighted by Gasteiger charge is 2.17. The fraction of sp³-hybridized carbons (Fsp3) is 0.667. The van der Waals surface area contributed by atoms with Gasteiger partial charge in [0.25, 0.3) is 5.91 Å². The molecule has 76 valence electrons. The zero-order valence-corrected chi connectivity index (χ0v) is 8.18. The second-order valence-electron chi connectivity index (χ2n) is 2.57. The number of carbonyl (C=O) groups is 2. The third-order valence-electron chi connectivity index (χ3n) is 1.45. The normalized spacial score (nSPS) is 14.5. The van der Waals surface area contributed by atoms with E-state index in [9.17, 15) is 9.59 Å². The smallest absolute Gasteiger partial charge is 0.256 e. The quantitative estimate of drug-likeness (QED) is 0.198. The molecule has 0 aromatic carbocycles. The largest absolute Gasteiger partial charge is 0.343 e. The number of hydrogen-bond donors (Lipinski definition) is 4. The van der Waals surface area contributed by atoms with Gasteiger partial charge in [-0.2, -0.15) is 0 Å². The van der Waals surface area contributed by atoms with Crippen LogP contribution in [0.2, 0.25) is 0 Å². The maximum atomic E-state index is 11.1. The Labute approximate surface area is 81.3 Å². The first-order valence-electron chi connectivity index (χ1n) is 3.70. The van der Waals surface area contributed by atoms with Crippen LogP contribution in [0.3, 0.4) is 0 Å². The molecular formula is C6H13ClN4O2. The molecule has 0 bridgehead atoms. The summed E-state index contributed by atoms with van der Waals surface area (Å²) in [5.74, 6) is 4.03. The highest BCUT2D eigenvalue weighted by Crippen LogP contribution is 1.87. The molecular weight excluding hydrogens is 196 g/mol. The van der Waals surface area contributed by atoms with Crippen molar-refractivity contribution in [2.75, 3.05) is 0 Å². The Morgan fingerprint density at radius 1 is 1.23 bits per heavy atom. The zero-order valence-electron chi connectivity index (χ0n) is 7.43. The van der Waals surface area contributed by atoms with Gasteiger partial charge in [0.05, 0.1) is 6.04 Å². The minimum absolute atomic E-state index is 0.369. The maximum absolute atomic E-state index is 11.1. The lowest BCUT2D eigenvalue weighted by atomic mass is 10.2. The fourth-order valence-corrected chi connectivity index (χ4v) is 0.678. The van der Waals surface area contributed by atoms with Crippen LogP contribution in [0, 0.1) is 0 Å². The first-order chi connectivity index (χ1) is 6.02. The van der Waals surface area contributed by atoms with Gasteiger partial charge in [-0.1, -0.05) is 0 Å². The summed E-state index contributed by atoms with van der Waals surface area (Å²) in [5.41, 5.74) is 1.92. The van der Waals surface area contributed by atoms with Crippen LogP contribution in [0.15, 0.2) is 0 Å². The van der Waals surface area contributed by atoms with Gasteiger partial charge in [0.1, 0.15) is 6.04 Å². The van der Waals surface area contributed by atoms with Crippen molar-refractivity contribution in [1.82, 2.24) is 15.6 Å². The summed E-state index contributed by atoms with van der Waals surface area (Å²) in [5, 5.41) is 2.40. The Bertz CT molecular complexity index is 199. The Kier molecular flexibility index (Phi) is 5.36. The van der Waals surface area contributed by atoms with Crippen molar-refractivity contribution in [1.29, 1.82) is 0 Å². The van der Waals surface area contributed by atoms with E-state index in [-0.39, 0.29) is 5.91 Å². The molecule has 5 N–H and O–H groups in total. The average molecular weight is 209 g/mol. The van der Waals surface area contributed by atoms with Crippen LogP contribution in [0.25, 0.3) is 0 Å². The Morgan fingerprint density at radius 2 is 1.77 bits per heavy atom. The highest BCUT2D eigenvalue weighted by atomic mass is 35.5. The molecule has 0 saturated carbocycles. The molecule has 0 fully saturated rings. The van der Waals surface area contributed by atoms with E-state index in [1.165, 1.54) is 6.92 Å². The van der Waals surface area contributed by atoms with Gasteiger partial charge < -0.3 is 5.32 Å². The molecule has 0 aromatic rings. The number of amides is 2. The Balaban J connectivity index is 3.98. The second-order valence-corrected chi connectivity index (χ2v) is 2.79. The van der Waals surface area contributed by atoms with Crippen molar-refractivity contribution in [2.24, 2.45) is 5.84 Å². The molecule has 0 spiro atoms. The molecule has 0 heterocycles. The Morgan fingerprint density at radius 3 is 2.15 bits per heavy atom. The van der Waals surface area contributed by atoms with Crippen molar-refractivity contribution < 1.29 is 9.59 Å². The summed E-state index contributed by atoms with van der Waals surface area (Å²) in [4.78, 5) is 24.2. The lowest BCUT2D eigenvalue weighted by molar-refractivity contribution is -0.129. The summed E-state index contributed by atoms with van der Waals surface area (Å²) in [6.45, 7) is 3.08. The SMILES string of the molecule is C[C@@H](NCl)C(=O)N[C@H](C)C(=O)NN. The molecule has 0 rings (SSSR count). The number of hydrazine groups is 1. The third kappa shape index (κ3) is 4.07. The lowest BCUT2D eigenvalue weighted by Crippen LogP contribution is -2.50. The molecule has 13 heavy (non-hydrogen) atoms. The van der Waals surface area contributed by atoms with Gasteiger partial charge in [-0.25, -0.2) is 10.7 Å². The minimum atomic E-state index is -0.676. The minimum Gasteiger partial charge on any atom is -0.343 e. The van der Waals surface area contributed by atoms with Gasteiger partial charge in [0.2, 0.25) is 5.91 Å². The Hall–Kier alpha value is -0.850. The summed E-state index contributed by atoms with van der Waals surface area (Å²) >= 11 is 5.21. The molecule has 0 aliphatic carbocycles. The van der Waals surface area contributed by atoms with E-state index in [4.69, 9.17) is 17.6 Å². The molecule has 2 atom stereocenters. The van der Waals surface area contributed by atoms with Crippen LogP contribution in [0.4, 0.5) is 0 Å². The van der Waals surface area contributed by atoms with Crippen LogP contribution in [-0.4, -0.2) is 23.9 Å². The number of hydrogen-bond acceptors (Lipinski definition) is 4. The molecule has 0 aliphatic heterocycles. The van der Waals surface area contributed by atoms with Gasteiger partial charge in [0, 0.05) is 0 Å². The van der Waals surface area contributed by atoms with Crippen molar-refractivity contribution >= 4 is 23.6 Å². The standard InChI is InChI=1S/C6H13ClN4O2/c1-3(6(13)11-8)9-5(12)4(2)10-7/h3-4,10H,8H2,1-2H3,(H,9,12)(H,11,13)/t3-,4-/m1/s1. The van der Waals surface area contributed by atoms with E-state index in [1.54, 1.807) is 6.92 Å². The van der Waals surface area contributed by atoms with Crippen LogP contribution in [0.5, 0.6) is 0 Å². The third-order valence-corrected chi connectivity index (χ3v) is 1.78. The number of halogens is 1. The average Bonchev–Trinajstić information content (AvgIpc) is 2.14. The molecule has 7 heteroatoms. The van der Waals surface area contributed by atoms with E-state index >= 15 is 0 Å².